The van der Waals surface area contributed by atoms with Crippen LogP contribution in [0.1, 0.15) is 12.0 Å². The van der Waals surface area contributed by atoms with E-state index in [2.05, 4.69) is 5.32 Å². The van der Waals surface area contributed by atoms with Crippen LogP contribution in [0.15, 0.2) is 60.7 Å². The Morgan fingerprint density at radius 1 is 0.833 bits per heavy atom. The summed E-state index contributed by atoms with van der Waals surface area (Å²) in [6, 6.07) is 17.2. The highest BCUT2D eigenvalue weighted by Crippen LogP contribution is 2.05. The minimum Gasteiger partial charge on any atom is -0.326 e. The van der Waals surface area contributed by atoms with Gasteiger partial charge in [-0.25, -0.2) is 8.42 Å². The fourth-order valence-corrected chi connectivity index (χ4v) is 2.85. The molecule has 2 aromatic carbocycles. The molecule has 2 amide bonds. The van der Waals surface area contributed by atoms with E-state index in [4.69, 9.17) is 0 Å². The first kappa shape index (κ1) is 17.6. The second kappa shape index (κ2) is 8.23. The predicted molar refractivity (Wildman–Crippen MR) is 90.0 cm³/mol. The van der Waals surface area contributed by atoms with Gasteiger partial charge in [0.25, 0.3) is 0 Å². The molecule has 2 aromatic rings. The van der Waals surface area contributed by atoms with Gasteiger partial charge in [-0.2, -0.15) is 0 Å². The SMILES string of the molecule is O=C(CC(=O)Nc1ccccc1)NNS(=O)(=O)Cc1ccccc1. The van der Waals surface area contributed by atoms with Gasteiger partial charge in [-0.05, 0) is 17.7 Å². The first-order valence-electron chi connectivity index (χ1n) is 7.12. The molecule has 0 heterocycles. The molecule has 0 bridgehead atoms. The third-order valence-electron chi connectivity index (χ3n) is 2.92. The zero-order valence-corrected chi connectivity index (χ0v) is 13.5. The Morgan fingerprint density at radius 2 is 1.42 bits per heavy atom. The summed E-state index contributed by atoms with van der Waals surface area (Å²) >= 11 is 0. The largest absolute Gasteiger partial charge is 0.326 e. The van der Waals surface area contributed by atoms with Gasteiger partial charge in [0.15, 0.2) is 0 Å². The summed E-state index contributed by atoms with van der Waals surface area (Å²) in [4.78, 5) is 25.3. The number of anilines is 1. The van der Waals surface area contributed by atoms with Gasteiger partial charge in [-0.1, -0.05) is 48.5 Å². The molecule has 0 radical (unpaired) electrons. The number of carbonyl (C=O) groups is 2. The van der Waals surface area contributed by atoms with Gasteiger partial charge >= 0.3 is 0 Å². The third kappa shape index (κ3) is 6.19. The number of hydrogen-bond acceptors (Lipinski definition) is 4. The summed E-state index contributed by atoms with van der Waals surface area (Å²) in [5.74, 6) is -1.56. The fourth-order valence-electron chi connectivity index (χ4n) is 1.88. The number of carbonyl (C=O) groups excluding carboxylic acids is 2. The van der Waals surface area contributed by atoms with Crippen molar-refractivity contribution in [2.45, 2.75) is 12.2 Å². The summed E-state index contributed by atoms with van der Waals surface area (Å²) in [6.45, 7) is 0. The van der Waals surface area contributed by atoms with Crippen molar-refractivity contribution in [3.8, 4) is 0 Å². The van der Waals surface area contributed by atoms with E-state index < -0.39 is 28.3 Å². The van der Waals surface area contributed by atoms with E-state index in [1.54, 1.807) is 60.7 Å². The maximum Gasteiger partial charge on any atom is 0.244 e. The quantitative estimate of drug-likeness (QED) is 0.516. The molecule has 2 rings (SSSR count). The lowest BCUT2D eigenvalue weighted by atomic mass is 10.2. The van der Waals surface area contributed by atoms with Crippen LogP contribution in [0.4, 0.5) is 5.69 Å². The number of sulfonamides is 1. The van der Waals surface area contributed by atoms with E-state index in [9.17, 15) is 18.0 Å². The van der Waals surface area contributed by atoms with E-state index in [0.717, 1.165) is 0 Å². The molecule has 0 atom stereocenters. The Balaban J connectivity index is 1.79. The van der Waals surface area contributed by atoms with Crippen LogP contribution in [0, 0.1) is 0 Å². The van der Waals surface area contributed by atoms with Crippen molar-refractivity contribution in [1.82, 2.24) is 10.3 Å². The zero-order valence-electron chi connectivity index (χ0n) is 12.7. The topological polar surface area (TPSA) is 104 Å². The molecule has 24 heavy (non-hydrogen) atoms. The molecule has 0 aromatic heterocycles. The highest BCUT2D eigenvalue weighted by atomic mass is 32.2. The van der Waals surface area contributed by atoms with Crippen LogP contribution in [0.25, 0.3) is 0 Å². The molecular weight excluding hydrogens is 330 g/mol. The van der Waals surface area contributed by atoms with E-state index in [-0.39, 0.29) is 5.75 Å². The highest BCUT2D eigenvalue weighted by Gasteiger charge is 2.14. The lowest BCUT2D eigenvalue weighted by Crippen LogP contribution is -2.43. The third-order valence-corrected chi connectivity index (χ3v) is 4.05. The maximum absolute atomic E-state index is 11.9. The number of para-hydroxylation sites is 1. The molecule has 0 unspecified atom stereocenters. The standard InChI is InChI=1S/C16H17N3O4S/c20-15(17-14-9-5-2-6-10-14)11-16(21)18-19-24(22,23)12-13-7-3-1-4-8-13/h1-10,19H,11-12H2,(H,17,20)(H,18,21). The van der Waals surface area contributed by atoms with Crippen molar-refractivity contribution in [2.75, 3.05) is 5.32 Å². The summed E-state index contributed by atoms with van der Waals surface area (Å²) in [5, 5.41) is 2.53. The van der Waals surface area contributed by atoms with Gasteiger partial charge in [0.2, 0.25) is 21.8 Å². The van der Waals surface area contributed by atoms with Gasteiger partial charge in [0.1, 0.15) is 6.42 Å². The van der Waals surface area contributed by atoms with E-state index in [1.165, 1.54) is 0 Å². The van der Waals surface area contributed by atoms with E-state index in [0.29, 0.717) is 11.3 Å². The van der Waals surface area contributed by atoms with Gasteiger partial charge < -0.3 is 5.32 Å². The Bertz CT molecular complexity index is 793. The van der Waals surface area contributed by atoms with Crippen LogP contribution in [0.3, 0.4) is 0 Å². The van der Waals surface area contributed by atoms with Crippen LogP contribution in [-0.2, 0) is 25.4 Å². The maximum atomic E-state index is 11.9. The Kier molecular flexibility index (Phi) is 6.05. The predicted octanol–water partition coefficient (Wildman–Crippen LogP) is 1.17. The fraction of sp³-hybridized carbons (Fsp3) is 0.125. The number of amides is 2. The van der Waals surface area contributed by atoms with Gasteiger partial charge in [-0.3, -0.25) is 15.0 Å². The smallest absolute Gasteiger partial charge is 0.244 e. The number of benzene rings is 2. The lowest BCUT2D eigenvalue weighted by Gasteiger charge is -2.09. The van der Waals surface area contributed by atoms with Crippen molar-refractivity contribution in [2.24, 2.45) is 0 Å². The number of hydrogen-bond donors (Lipinski definition) is 3. The van der Waals surface area contributed by atoms with Gasteiger partial charge in [0.05, 0.1) is 5.75 Å². The number of hydrazine groups is 1. The van der Waals surface area contributed by atoms with Crippen LogP contribution in [0.5, 0.6) is 0 Å². The van der Waals surface area contributed by atoms with Crippen molar-refractivity contribution in [1.29, 1.82) is 0 Å². The molecule has 0 fully saturated rings. The van der Waals surface area contributed by atoms with Gasteiger partial charge in [0, 0.05) is 5.69 Å². The normalized spacial score (nSPS) is 10.8. The lowest BCUT2D eigenvalue weighted by molar-refractivity contribution is -0.127. The van der Waals surface area contributed by atoms with Crippen LogP contribution in [-0.4, -0.2) is 20.2 Å². The summed E-state index contributed by atoms with van der Waals surface area (Å²) in [5.41, 5.74) is 3.16. The van der Waals surface area contributed by atoms with Crippen molar-refractivity contribution >= 4 is 27.5 Å². The highest BCUT2D eigenvalue weighted by molar-refractivity contribution is 7.88. The van der Waals surface area contributed by atoms with Crippen LogP contribution in [0.2, 0.25) is 0 Å². The molecule has 3 N–H and O–H groups in total. The molecular formula is C16H17N3O4S. The Morgan fingerprint density at radius 3 is 2.04 bits per heavy atom. The zero-order chi connectivity index (χ0) is 17.4. The molecule has 0 aliphatic heterocycles. The first-order chi connectivity index (χ1) is 11.4. The van der Waals surface area contributed by atoms with E-state index in [1.807, 2.05) is 10.3 Å². The van der Waals surface area contributed by atoms with Crippen molar-refractivity contribution in [3.05, 3.63) is 66.2 Å². The molecule has 0 saturated carbocycles. The minimum atomic E-state index is -3.74. The number of nitrogens with one attached hydrogen (secondary N) is 3. The second-order valence-electron chi connectivity index (χ2n) is 4.99. The van der Waals surface area contributed by atoms with Gasteiger partial charge in [-0.15, -0.1) is 4.83 Å². The van der Waals surface area contributed by atoms with Crippen molar-refractivity contribution < 1.29 is 18.0 Å². The van der Waals surface area contributed by atoms with Crippen LogP contribution < -0.4 is 15.6 Å². The first-order valence-corrected chi connectivity index (χ1v) is 8.77. The summed E-state index contributed by atoms with van der Waals surface area (Å²) < 4.78 is 23.7. The summed E-state index contributed by atoms with van der Waals surface area (Å²) in [7, 11) is -3.74. The Hall–Kier alpha value is -2.71. The molecule has 7 nitrogen and oxygen atoms in total. The second-order valence-corrected chi connectivity index (χ2v) is 6.71. The number of rotatable bonds is 7. The molecule has 8 heteroatoms. The summed E-state index contributed by atoms with van der Waals surface area (Å²) in [6.07, 6.45) is -0.497. The minimum absolute atomic E-state index is 0.273. The molecule has 0 saturated heterocycles. The molecule has 0 aliphatic rings. The molecule has 0 aliphatic carbocycles. The molecule has 126 valence electrons. The van der Waals surface area contributed by atoms with Crippen LogP contribution >= 0.6 is 0 Å². The van der Waals surface area contributed by atoms with Crippen molar-refractivity contribution in [3.63, 3.8) is 0 Å². The Labute approximate surface area is 140 Å². The molecule has 0 spiro atoms. The monoisotopic (exact) mass is 347 g/mol. The average molecular weight is 347 g/mol. The van der Waals surface area contributed by atoms with E-state index >= 15 is 0 Å². The average Bonchev–Trinajstić information content (AvgIpc) is 2.54.